The van der Waals surface area contributed by atoms with Crippen LogP contribution in [0.5, 0.6) is 0 Å². The monoisotopic (exact) mass is 381 g/mol. The van der Waals surface area contributed by atoms with Gasteiger partial charge in [-0.15, -0.1) is 0 Å². The normalized spacial score (nSPS) is 15.3. The van der Waals surface area contributed by atoms with Crippen LogP contribution in [0.1, 0.15) is 32.8 Å². The Kier molecular flexibility index (Phi) is 6.18. The zero-order valence-electron chi connectivity index (χ0n) is 13.9. The van der Waals surface area contributed by atoms with E-state index in [0.29, 0.717) is 13.1 Å². The van der Waals surface area contributed by atoms with Crippen molar-refractivity contribution in [3.63, 3.8) is 0 Å². The number of hydrogen-bond donors (Lipinski definition) is 1. The fourth-order valence-electron chi connectivity index (χ4n) is 2.28. The van der Waals surface area contributed by atoms with E-state index in [1.165, 1.54) is 5.57 Å². The van der Waals surface area contributed by atoms with Gasteiger partial charge >= 0.3 is 6.09 Å². The number of pyridine rings is 1. The average molecular weight is 382 g/mol. The highest BCUT2D eigenvalue weighted by Crippen LogP contribution is 2.15. The Bertz CT molecular complexity index is 581. The lowest BCUT2D eigenvalue weighted by molar-refractivity contribution is 0.0265. The molecule has 1 aliphatic heterocycles. The van der Waals surface area contributed by atoms with Crippen LogP contribution in [0, 0.1) is 0 Å². The number of aromatic nitrogens is 1. The summed E-state index contributed by atoms with van der Waals surface area (Å²) in [6, 6.07) is 2.06. The molecule has 2 rings (SSSR count). The van der Waals surface area contributed by atoms with E-state index >= 15 is 0 Å². The number of hydrogen-bond acceptors (Lipinski definition) is 4. The first kappa shape index (κ1) is 17.9. The van der Waals surface area contributed by atoms with E-state index in [-0.39, 0.29) is 6.09 Å². The number of nitrogens with one attached hydrogen (secondary N) is 1. The minimum absolute atomic E-state index is 0.235. The number of carbonyl (C=O) groups is 1. The number of nitrogens with zero attached hydrogens (tertiary/aromatic N) is 2. The molecular weight excluding hydrogens is 358 g/mol. The Balaban J connectivity index is 1.75. The summed E-state index contributed by atoms with van der Waals surface area (Å²) in [5.41, 5.74) is 2.03. The van der Waals surface area contributed by atoms with E-state index in [2.05, 4.69) is 38.4 Å². The molecule has 0 aromatic carbocycles. The number of ether oxygens (including phenoxy) is 1. The Morgan fingerprint density at radius 3 is 2.78 bits per heavy atom. The molecule has 0 atom stereocenters. The summed E-state index contributed by atoms with van der Waals surface area (Å²) in [6.07, 6.45) is 6.39. The maximum atomic E-state index is 12.0. The van der Waals surface area contributed by atoms with Crippen LogP contribution >= 0.6 is 15.9 Å². The van der Waals surface area contributed by atoms with Gasteiger partial charge in [-0.2, -0.15) is 0 Å². The molecule has 0 saturated heterocycles. The molecule has 1 aromatic heterocycles. The predicted molar refractivity (Wildman–Crippen MR) is 94.2 cm³/mol. The third-order valence-corrected chi connectivity index (χ3v) is 3.83. The van der Waals surface area contributed by atoms with Crippen LogP contribution in [0.3, 0.4) is 0 Å². The minimum Gasteiger partial charge on any atom is -0.444 e. The summed E-state index contributed by atoms with van der Waals surface area (Å²) in [5, 5.41) is 3.42. The standard InChI is InChI=1S/C17H24BrN3O2/c1-17(2,3)23-16(22)21-6-4-13(5-7-21)9-19-10-14-8-15(18)12-20-11-14/h4,8,11-12,19H,5-7,9-10H2,1-3H3. The van der Waals surface area contributed by atoms with Crippen LogP contribution in [-0.2, 0) is 11.3 Å². The van der Waals surface area contributed by atoms with Crippen molar-refractivity contribution in [3.05, 3.63) is 40.1 Å². The number of rotatable bonds is 4. The van der Waals surface area contributed by atoms with Crippen molar-refractivity contribution in [1.29, 1.82) is 0 Å². The lowest BCUT2D eigenvalue weighted by Crippen LogP contribution is -2.39. The summed E-state index contributed by atoms with van der Waals surface area (Å²) < 4.78 is 6.38. The molecular formula is C17H24BrN3O2. The Hall–Kier alpha value is -1.40. The van der Waals surface area contributed by atoms with Gasteiger partial charge in [0.25, 0.3) is 0 Å². The smallest absolute Gasteiger partial charge is 0.410 e. The van der Waals surface area contributed by atoms with Gasteiger partial charge < -0.3 is 15.0 Å². The first-order chi connectivity index (χ1) is 10.8. The van der Waals surface area contributed by atoms with Crippen molar-refractivity contribution in [3.8, 4) is 0 Å². The fourth-order valence-corrected chi connectivity index (χ4v) is 2.70. The summed E-state index contributed by atoms with van der Waals surface area (Å²) >= 11 is 3.42. The largest absolute Gasteiger partial charge is 0.444 e. The summed E-state index contributed by atoms with van der Waals surface area (Å²) in [5.74, 6) is 0. The van der Waals surface area contributed by atoms with E-state index in [0.717, 1.165) is 29.5 Å². The molecule has 0 bridgehead atoms. The molecule has 5 nitrogen and oxygen atoms in total. The summed E-state index contributed by atoms with van der Waals surface area (Å²) in [4.78, 5) is 17.9. The lowest BCUT2D eigenvalue weighted by Gasteiger charge is -2.29. The first-order valence-electron chi connectivity index (χ1n) is 7.79. The van der Waals surface area contributed by atoms with Gasteiger partial charge in [-0.05, 0) is 54.8 Å². The molecule has 126 valence electrons. The third kappa shape index (κ3) is 6.31. The SMILES string of the molecule is CC(C)(C)OC(=O)N1CC=C(CNCc2cncc(Br)c2)CC1. The number of amides is 1. The van der Waals surface area contributed by atoms with Crippen molar-refractivity contribution in [2.45, 2.75) is 39.3 Å². The Morgan fingerprint density at radius 2 is 2.17 bits per heavy atom. The molecule has 0 saturated carbocycles. The van der Waals surface area contributed by atoms with E-state index in [1.807, 2.05) is 27.0 Å². The topological polar surface area (TPSA) is 54.5 Å². The molecule has 2 heterocycles. The predicted octanol–water partition coefficient (Wildman–Crippen LogP) is 3.50. The van der Waals surface area contributed by atoms with E-state index in [1.54, 1.807) is 11.1 Å². The highest BCUT2D eigenvalue weighted by Gasteiger charge is 2.23. The maximum Gasteiger partial charge on any atom is 0.410 e. The lowest BCUT2D eigenvalue weighted by atomic mass is 10.1. The molecule has 0 radical (unpaired) electrons. The second-order valence-electron chi connectivity index (χ2n) is 6.65. The Morgan fingerprint density at radius 1 is 1.39 bits per heavy atom. The van der Waals surface area contributed by atoms with Crippen LogP contribution in [0.15, 0.2) is 34.6 Å². The Labute approximate surface area is 146 Å². The highest BCUT2D eigenvalue weighted by atomic mass is 79.9. The zero-order chi connectivity index (χ0) is 16.9. The van der Waals surface area contributed by atoms with E-state index in [9.17, 15) is 4.79 Å². The van der Waals surface area contributed by atoms with Gasteiger partial charge in [-0.3, -0.25) is 4.98 Å². The molecule has 1 N–H and O–H groups in total. The van der Waals surface area contributed by atoms with Gasteiger partial charge in [0.2, 0.25) is 0 Å². The molecule has 0 unspecified atom stereocenters. The van der Waals surface area contributed by atoms with Crippen molar-refractivity contribution in [2.75, 3.05) is 19.6 Å². The van der Waals surface area contributed by atoms with Crippen LogP contribution < -0.4 is 5.32 Å². The number of halogens is 1. The van der Waals surface area contributed by atoms with E-state index in [4.69, 9.17) is 4.74 Å². The van der Waals surface area contributed by atoms with Crippen LogP contribution in [0.2, 0.25) is 0 Å². The minimum atomic E-state index is -0.444. The van der Waals surface area contributed by atoms with Gasteiger partial charge in [0.15, 0.2) is 0 Å². The molecule has 1 amide bonds. The summed E-state index contributed by atoms with van der Waals surface area (Å²) in [6.45, 7) is 8.59. The second kappa shape index (κ2) is 7.93. The van der Waals surface area contributed by atoms with Crippen molar-refractivity contribution in [1.82, 2.24) is 15.2 Å². The fraction of sp³-hybridized carbons (Fsp3) is 0.529. The van der Waals surface area contributed by atoms with Crippen molar-refractivity contribution >= 4 is 22.0 Å². The molecule has 0 spiro atoms. The molecule has 0 fully saturated rings. The highest BCUT2D eigenvalue weighted by molar-refractivity contribution is 9.10. The summed E-state index contributed by atoms with van der Waals surface area (Å²) in [7, 11) is 0. The average Bonchev–Trinajstić information content (AvgIpc) is 2.46. The molecule has 1 aromatic rings. The molecule has 23 heavy (non-hydrogen) atoms. The zero-order valence-corrected chi connectivity index (χ0v) is 15.5. The third-order valence-electron chi connectivity index (χ3n) is 3.40. The van der Waals surface area contributed by atoms with E-state index < -0.39 is 5.60 Å². The van der Waals surface area contributed by atoms with Crippen molar-refractivity contribution < 1.29 is 9.53 Å². The molecule has 0 aliphatic carbocycles. The number of carbonyl (C=O) groups excluding carboxylic acids is 1. The van der Waals surface area contributed by atoms with Crippen LogP contribution in [0.25, 0.3) is 0 Å². The first-order valence-corrected chi connectivity index (χ1v) is 8.59. The van der Waals surface area contributed by atoms with Gasteiger partial charge in [0.05, 0.1) is 0 Å². The van der Waals surface area contributed by atoms with Crippen LogP contribution in [-0.4, -0.2) is 41.2 Å². The van der Waals surface area contributed by atoms with Gasteiger partial charge in [0.1, 0.15) is 5.60 Å². The van der Waals surface area contributed by atoms with Gasteiger partial charge in [-0.1, -0.05) is 11.6 Å². The van der Waals surface area contributed by atoms with Gasteiger partial charge in [-0.25, -0.2) is 4.79 Å². The van der Waals surface area contributed by atoms with Gasteiger partial charge in [0, 0.05) is 43.0 Å². The van der Waals surface area contributed by atoms with Crippen LogP contribution in [0.4, 0.5) is 4.79 Å². The second-order valence-corrected chi connectivity index (χ2v) is 7.57. The quantitative estimate of drug-likeness (QED) is 0.810. The molecule has 6 heteroatoms. The molecule has 1 aliphatic rings. The van der Waals surface area contributed by atoms with Crippen molar-refractivity contribution in [2.24, 2.45) is 0 Å². The maximum absolute atomic E-state index is 12.0.